The van der Waals surface area contributed by atoms with Gasteiger partial charge in [0.1, 0.15) is 0 Å². The molecule has 0 aromatic carbocycles. The SMILES string of the molecule is COCCC1(CNC(=O)N2C[C@@H](C(F)(F)F)[C@H](C(=O)O)C2)CC1. The fourth-order valence-electron chi connectivity index (χ4n) is 2.94. The first-order chi connectivity index (χ1) is 10.7. The number of methoxy groups -OCH3 is 1. The molecule has 1 saturated heterocycles. The summed E-state index contributed by atoms with van der Waals surface area (Å²) in [6, 6.07) is -0.633. The Morgan fingerprint density at radius 1 is 1.35 bits per heavy atom. The molecule has 9 heteroatoms. The highest BCUT2D eigenvalue weighted by Crippen LogP contribution is 2.48. The molecular formula is C14H21F3N2O4. The Bertz CT molecular complexity index is 465. The maximum atomic E-state index is 12.9. The van der Waals surface area contributed by atoms with Crippen LogP contribution in [-0.2, 0) is 9.53 Å². The number of aliphatic carboxylic acids is 1. The first-order valence-corrected chi connectivity index (χ1v) is 7.50. The molecule has 1 aliphatic heterocycles. The quantitative estimate of drug-likeness (QED) is 0.773. The molecule has 1 heterocycles. The van der Waals surface area contributed by atoms with Crippen molar-refractivity contribution < 1.29 is 32.6 Å². The normalized spacial score (nSPS) is 26.2. The van der Waals surface area contributed by atoms with E-state index in [-0.39, 0.29) is 5.41 Å². The zero-order valence-electron chi connectivity index (χ0n) is 12.9. The highest BCUT2D eigenvalue weighted by molar-refractivity contribution is 5.77. The predicted octanol–water partition coefficient (Wildman–Crippen LogP) is 1.71. The number of carbonyl (C=O) groups excluding carboxylic acids is 1. The van der Waals surface area contributed by atoms with Crippen molar-refractivity contribution in [3.8, 4) is 0 Å². The van der Waals surface area contributed by atoms with E-state index in [1.165, 1.54) is 0 Å². The third kappa shape index (κ3) is 4.27. The number of ether oxygens (including phenoxy) is 1. The number of rotatable bonds is 6. The molecule has 2 atom stereocenters. The molecule has 1 saturated carbocycles. The van der Waals surface area contributed by atoms with Crippen LogP contribution < -0.4 is 5.32 Å². The fraction of sp³-hybridized carbons (Fsp3) is 0.857. The van der Waals surface area contributed by atoms with Crippen molar-refractivity contribution in [1.82, 2.24) is 10.2 Å². The van der Waals surface area contributed by atoms with E-state index in [0.717, 1.165) is 24.2 Å². The lowest BCUT2D eigenvalue weighted by Crippen LogP contribution is -2.42. The summed E-state index contributed by atoms with van der Waals surface area (Å²) in [5.74, 6) is -5.15. The summed E-state index contributed by atoms with van der Waals surface area (Å²) in [5.41, 5.74) is -0.0268. The summed E-state index contributed by atoms with van der Waals surface area (Å²) < 4.78 is 43.7. The second-order valence-corrected chi connectivity index (χ2v) is 6.40. The van der Waals surface area contributed by atoms with Gasteiger partial charge in [0.25, 0.3) is 0 Å². The number of amides is 2. The van der Waals surface area contributed by atoms with E-state index in [4.69, 9.17) is 9.84 Å². The molecule has 1 aliphatic carbocycles. The molecule has 6 nitrogen and oxygen atoms in total. The van der Waals surface area contributed by atoms with Crippen molar-refractivity contribution in [3.05, 3.63) is 0 Å². The summed E-state index contributed by atoms with van der Waals surface area (Å²) in [4.78, 5) is 24.0. The highest BCUT2D eigenvalue weighted by atomic mass is 19.4. The Morgan fingerprint density at radius 3 is 2.43 bits per heavy atom. The fourth-order valence-corrected chi connectivity index (χ4v) is 2.94. The van der Waals surface area contributed by atoms with Gasteiger partial charge in [0.05, 0.1) is 11.8 Å². The summed E-state index contributed by atoms with van der Waals surface area (Å²) in [6.45, 7) is -0.0925. The van der Waals surface area contributed by atoms with Gasteiger partial charge in [-0.05, 0) is 24.7 Å². The molecule has 0 aromatic heterocycles. The number of nitrogens with one attached hydrogen (secondary N) is 1. The summed E-state index contributed by atoms with van der Waals surface area (Å²) >= 11 is 0. The van der Waals surface area contributed by atoms with Gasteiger partial charge in [-0.2, -0.15) is 13.2 Å². The van der Waals surface area contributed by atoms with E-state index in [1.54, 1.807) is 7.11 Å². The molecule has 0 unspecified atom stereocenters. The Kier molecular flexibility index (Phi) is 5.07. The van der Waals surface area contributed by atoms with Crippen LogP contribution >= 0.6 is 0 Å². The van der Waals surface area contributed by atoms with Crippen molar-refractivity contribution in [2.45, 2.75) is 25.4 Å². The molecule has 2 rings (SSSR count). The van der Waals surface area contributed by atoms with Gasteiger partial charge in [-0.25, -0.2) is 4.79 Å². The second kappa shape index (κ2) is 6.54. The maximum Gasteiger partial charge on any atom is 0.394 e. The highest BCUT2D eigenvalue weighted by Gasteiger charge is 2.53. The Balaban J connectivity index is 1.89. The average Bonchev–Trinajstić information content (AvgIpc) is 3.07. The van der Waals surface area contributed by atoms with Crippen LogP contribution in [0.1, 0.15) is 19.3 Å². The van der Waals surface area contributed by atoms with Gasteiger partial charge < -0.3 is 20.1 Å². The molecule has 2 fully saturated rings. The number of hydrogen-bond acceptors (Lipinski definition) is 3. The van der Waals surface area contributed by atoms with Crippen LogP contribution in [-0.4, -0.2) is 61.5 Å². The number of hydrogen-bond donors (Lipinski definition) is 2. The van der Waals surface area contributed by atoms with Crippen molar-refractivity contribution in [2.24, 2.45) is 17.3 Å². The van der Waals surface area contributed by atoms with Crippen molar-refractivity contribution in [2.75, 3.05) is 33.4 Å². The zero-order valence-corrected chi connectivity index (χ0v) is 12.9. The van der Waals surface area contributed by atoms with Gasteiger partial charge in [0, 0.05) is 33.4 Å². The summed E-state index contributed by atoms with van der Waals surface area (Å²) in [7, 11) is 1.59. The molecule has 0 bridgehead atoms. The molecule has 2 aliphatic rings. The number of urea groups is 1. The van der Waals surface area contributed by atoms with Crippen LogP contribution in [0.25, 0.3) is 0 Å². The van der Waals surface area contributed by atoms with Gasteiger partial charge in [0.15, 0.2) is 0 Å². The topological polar surface area (TPSA) is 78.9 Å². The predicted molar refractivity (Wildman–Crippen MR) is 73.8 cm³/mol. The first-order valence-electron chi connectivity index (χ1n) is 7.50. The minimum absolute atomic E-state index is 0.0268. The van der Waals surface area contributed by atoms with Crippen LogP contribution in [0.4, 0.5) is 18.0 Å². The van der Waals surface area contributed by atoms with Gasteiger partial charge in [-0.3, -0.25) is 4.79 Å². The molecule has 132 valence electrons. The Hall–Kier alpha value is -1.51. The number of halogens is 3. The Morgan fingerprint density at radius 2 is 2.00 bits per heavy atom. The van der Waals surface area contributed by atoms with E-state index in [0.29, 0.717) is 13.2 Å². The summed E-state index contributed by atoms with van der Waals surface area (Å²) in [5, 5.41) is 11.6. The number of carboxylic acid groups (broad SMARTS) is 1. The van der Waals surface area contributed by atoms with Crippen molar-refractivity contribution in [1.29, 1.82) is 0 Å². The average molecular weight is 338 g/mol. The van der Waals surface area contributed by atoms with Gasteiger partial charge in [0.2, 0.25) is 0 Å². The molecular weight excluding hydrogens is 317 g/mol. The number of nitrogens with zero attached hydrogens (tertiary/aromatic N) is 1. The van der Waals surface area contributed by atoms with E-state index in [9.17, 15) is 22.8 Å². The number of alkyl halides is 3. The largest absolute Gasteiger partial charge is 0.481 e. The van der Waals surface area contributed by atoms with Gasteiger partial charge >= 0.3 is 18.2 Å². The van der Waals surface area contributed by atoms with E-state index in [1.807, 2.05) is 0 Å². The van der Waals surface area contributed by atoms with Crippen LogP contribution in [0.5, 0.6) is 0 Å². The third-order valence-corrected chi connectivity index (χ3v) is 4.75. The standard InChI is InChI=1S/C14H21F3N2O4/c1-23-5-4-13(2-3-13)8-18-12(22)19-6-9(11(20)21)10(7-19)14(15,16)17/h9-10H,2-8H2,1H3,(H,18,22)(H,20,21)/t9-,10-/m1/s1. The first kappa shape index (κ1) is 17.8. The number of likely N-dealkylation sites (tertiary alicyclic amines) is 1. The molecule has 23 heavy (non-hydrogen) atoms. The van der Waals surface area contributed by atoms with E-state index < -0.39 is 43.1 Å². The van der Waals surface area contributed by atoms with Gasteiger partial charge in [-0.15, -0.1) is 0 Å². The molecule has 2 amide bonds. The van der Waals surface area contributed by atoms with E-state index >= 15 is 0 Å². The molecule has 2 N–H and O–H groups in total. The smallest absolute Gasteiger partial charge is 0.394 e. The lowest BCUT2D eigenvalue weighted by molar-refractivity contribution is -0.187. The minimum Gasteiger partial charge on any atom is -0.481 e. The number of carbonyl (C=O) groups is 2. The second-order valence-electron chi connectivity index (χ2n) is 6.40. The number of carboxylic acids is 1. The monoisotopic (exact) mass is 338 g/mol. The molecule has 0 aromatic rings. The van der Waals surface area contributed by atoms with Crippen molar-refractivity contribution >= 4 is 12.0 Å². The lowest BCUT2D eigenvalue weighted by atomic mass is 9.96. The van der Waals surface area contributed by atoms with Crippen LogP contribution in [0.2, 0.25) is 0 Å². The van der Waals surface area contributed by atoms with Gasteiger partial charge in [-0.1, -0.05) is 0 Å². The van der Waals surface area contributed by atoms with Crippen LogP contribution in [0, 0.1) is 17.3 Å². The minimum atomic E-state index is -4.63. The molecule has 0 radical (unpaired) electrons. The maximum absolute atomic E-state index is 12.9. The zero-order chi connectivity index (χ0) is 17.3. The molecule has 0 spiro atoms. The Labute approximate surface area is 132 Å². The summed E-state index contributed by atoms with van der Waals surface area (Å²) in [6.07, 6.45) is -1.96. The van der Waals surface area contributed by atoms with Crippen LogP contribution in [0.3, 0.4) is 0 Å². The van der Waals surface area contributed by atoms with E-state index in [2.05, 4.69) is 5.32 Å². The van der Waals surface area contributed by atoms with Crippen molar-refractivity contribution in [3.63, 3.8) is 0 Å². The van der Waals surface area contributed by atoms with Crippen LogP contribution in [0.15, 0.2) is 0 Å². The lowest BCUT2D eigenvalue weighted by Gasteiger charge is -2.21. The third-order valence-electron chi connectivity index (χ3n) is 4.75.